The summed E-state index contributed by atoms with van der Waals surface area (Å²) in [6.45, 7) is 5.01. The summed E-state index contributed by atoms with van der Waals surface area (Å²) in [5, 5.41) is 9.60. The third-order valence-electron chi connectivity index (χ3n) is 3.61. The highest BCUT2D eigenvalue weighted by atomic mass is 32.1. The van der Waals surface area contributed by atoms with E-state index in [2.05, 4.69) is 45.8 Å². The van der Waals surface area contributed by atoms with Crippen molar-refractivity contribution < 1.29 is 4.52 Å². The lowest BCUT2D eigenvalue weighted by molar-refractivity contribution is 0.190. The molecule has 0 aliphatic carbocycles. The highest BCUT2D eigenvalue weighted by Crippen LogP contribution is 2.28. The molecule has 0 spiro atoms. The topological polar surface area (TPSA) is 54.2 Å². The molecule has 0 amide bonds. The van der Waals surface area contributed by atoms with Gasteiger partial charge in [-0.05, 0) is 25.4 Å². The van der Waals surface area contributed by atoms with Gasteiger partial charge in [-0.15, -0.1) is 11.3 Å². The second-order valence-electron chi connectivity index (χ2n) is 4.93. The van der Waals surface area contributed by atoms with E-state index >= 15 is 0 Å². The number of rotatable bonds is 3. The molecule has 0 radical (unpaired) electrons. The minimum Gasteiger partial charge on any atom is -0.339 e. The van der Waals surface area contributed by atoms with Crippen LogP contribution in [0.1, 0.15) is 35.5 Å². The molecule has 2 aromatic rings. The first-order chi connectivity index (χ1) is 9.25. The van der Waals surface area contributed by atoms with E-state index in [-0.39, 0.29) is 12.0 Å². The third-order valence-corrected chi connectivity index (χ3v) is 4.66. The van der Waals surface area contributed by atoms with Gasteiger partial charge in [-0.2, -0.15) is 4.98 Å². The van der Waals surface area contributed by atoms with Crippen LogP contribution in [0.5, 0.6) is 0 Å². The van der Waals surface area contributed by atoms with E-state index in [9.17, 15) is 0 Å². The van der Waals surface area contributed by atoms with E-state index in [1.54, 1.807) is 11.3 Å². The van der Waals surface area contributed by atoms with Crippen molar-refractivity contribution >= 4 is 11.3 Å². The Kier molecular flexibility index (Phi) is 3.63. The van der Waals surface area contributed by atoms with Crippen molar-refractivity contribution in [3.63, 3.8) is 0 Å². The van der Waals surface area contributed by atoms with Crippen molar-refractivity contribution in [2.75, 3.05) is 26.7 Å². The fourth-order valence-electron chi connectivity index (χ4n) is 2.31. The maximum atomic E-state index is 5.44. The van der Waals surface area contributed by atoms with Crippen molar-refractivity contribution in [2.45, 2.75) is 18.9 Å². The van der Waals surface area contributed by atoms with Gasteiger partial charge in [-0.25, -0.2) is 0 Å². The summed E-state index contributed by atoms with van der Waals surface area (Å²) >= 11 is 1.72. The molecule has 1 saturated heterocycles. The van der Waals surface area contributed by atoms with Gasteiger partial charge in [0.15, 0.2) is 5.82 Å². The van der Waals surface area contributed by atoms with Gasteiger partial charge in [0.25, 0.3) is 0 Å². The van der Waals surface area contributed by atoms with E-state index in [4.69, 9.17) is 4.52 Å². The number of aromatic nitrogens is 2. The van der Waals surface area contributed by atoms with Gasteiger partial charge < -0.3 is 9.84 Å². The Bertz CT molecular complexity index is 524. The van der Waals surface area contributed by atoms with Gasteiger partial charge in [0, 0.05) is 24.5 Å². The van der Waals surface area contributed by atoms with Crippen LogP contribution in [-0.4, -0.2) is 41.7 Å². The van der Waals surface area contributed by atoms with E-state index in [0.717, 1.165) is 25.5 Å². The van der Waals surface area contributed by atoms with Crippen LogP contribution in [0.4, 0.5) is 0 Å². The highest BCUT2D eigenvalue weighted by Gasteiger charge is 2.26. The zero-order valence-electron chi connectivity index (χ0n) is 11.2. The monoisotopic (exact) mass is 278 g/mol. The minimum atomic E-state index is 0.170. The van der Waals surface area contributed by atoms with Crippen LogP contribution < -0.4 is 5.32 Å². The maximum absolute atomic E-state index is 5.44. The van der Waals surface area contributed by atoms with Gasteiger partial charge in [-0.3, -0.25) is 4.90 Å². The molecule has 1 fully saturated rings. The fraction of sp³-hybridized carbons (Fsp3) is 0.538. The number of piperazine rings is 1. The summed E-state index contributed by atoms with van der Waals surface area (Å²) in [6.07, 6.45) is 0. The lowest BCUT2D eigenvalue weighted by atomic mass is 10.1. The second kappa shape index (κ2) is 5.40. The van der Waals surface area contributed by atoms with Crippen molar-refractivity contribution in [3.8, 4) is 0 Å². The first-order valence-electron chi connectivity index (χ1n) is 6.53. The normalized spacial score (nSPS) is 22.5. The molecular formula is C13H18N4OS. The van der Waals surface area contributed by atoms with Crippen LogP contribution in [0.3, 0.4) is 0 Å². The lowest BCUT2D eigenvalue weighted by Crippen LogP contribution is -2.44. The summed E-state index contributed by atoms with van der Waals surface area (Å²) in [7, 11) is 2.10. The number of hydrogen-bond donors (Lipinski definition) is 1. The summed E-state index contributed by atoms with van der Waals surface area (Å²) in [5.41, 5.74) is 0. The molecule has 0 saturated carbocycles. The van der Waals surface area contributed by atoms with E-state index in [1.165, 1.54) is 4.88 Å². The van der Waals surface area contributed by atoms with Crippen molar-refractivity contribution in [1.29, 1.82) is 0 Å². The molecule has 2 aromatic heterocycles. The summed E-state index contributed by atoms with van der Waals surface area (Å²) in [5.74, 6) is 1.66. The van der Waals surface area contributed by atoms with Crippen LogP contribution in [0, 0.1) is 0 Å². The predicted octanol–water partition coefficient (Wildman–Crippen LogP) is 1.86. The van der Waals surface area contributed by atoms with Crippen LogP contribution in [0.25, 0.3) is 0 Å². The fourth-order valence-corrected chi connectivity index (χ4v) is 3.09. The zero-order chi connectivity index (χ0) is 13.2. The molecule has 1 N–H and O–H groups in total. The van der Waals surface area contributed by atoms with Gasteiger partial charge in [-0.1, -0.05) is 11.2 Å². The molecule has 2 atom stereocenters. The van der Waals surface area contributed by atoms with Gasteiger partial charge in [0.05, 0.1) is 12.0 Å². The summed E-state index contributed by atoms with van der Waals surface area (Å²) < 4.78 is 5.44. The molecule has 1 aliphatic heterocycles. The molecule has 6 heteroatoms. The Balaban J connectivity index is 1.79. The number of nitrogens with zero attached hydrogens (tertiary/aromatic N) is 3. The lowest BCUT2D eigenvalue weighted by Gasteiger charge is -2.30. The van der Waals surface area contributed by atoms with E-state index in [0.29, 0.717) is 5.89 Å². The average Bonchev–Trinajstić information content (AvgIpc) is 3.10. The molecule has 102 valence electrons. The van der Waals surface area contributed by atoms with Gasteiger partial charge in [0.2, 0.25) is 5.89 Å². The molecule has 1 aliphatic rings. The number of likely N-dealkylation sites (N-methyl/N-ethyl adjacent to an activating group) is 1. The third kappa shape index (κ3) is 2.56. The first-order valence-corrected chi connectivity index (χ1v) is 7.41. The second-order valence-corrected chi connectivity index (χ2v) is 5.91. The Morgan fingerprint density at radius 3 is 3.21 bits per heavy atom. The van der Waals surface area contributed by atoms with Crippen molar-refractivity contribution in [1.82, 2.24) is 20.4 Å². The van der Waals surface area contributed by atoms with Crippen LogP contribution in [-0.2, 0) is 0 Å². The molecule has 2 unspecified atom stereocenters. The van der Waals surface area contributed by atoms with Crippen LogP contribution >= 0.6 is 11.3 Å². The Morgan fingerprint density at radius 1 is 1.58 bits per heavy atom. The molecular weight excluding hydrogens is 260 g/mol. The van der Waals surface area contributed by atoms with Gasteiger partial charge in [0.1, 0.15) is 0 Å². The SMILES string of the molecule is CC(c1nc(C2CNCCN2C)no1)c1cccs1. The van der Waals surface area contributed by atoms with E-state index < -0.39 is 0 Å². The number of nitrogens with one attached hydrogen (secondary N) is 1. The predicted molar refractivity (Wildman–Crippen MR) is 74.4 cm³/mol. The number of thiophene rings is 1. The van der Waals surface area contributed by atoms with Crippen LogP contribution in [0.2, 0.25) is 0 Å². The average molecular weight is 278 g/mol. The molecule has 0 aromatic carbocycles. The van der Waals surface area contributed by atoms with Crippen LogP contribution in [0.15, 0.2) is 22.0 Å². The first kappa shape index (κ1) is 12.8. The summed E-state index contributed by atoms with van der Waals surface area (Å²) in [4.78, 5) is 8.11. The van der Waals surface area contributed by atoms with E-state index in [1.807, 2.05) is 6.07 Å². The quantitative estimate of drug-likeness (QED) is 0.928. The van der Waals surface area contributed by atoms with Crippen molar-refractivity contribution in [2.24, 2.45) is 0 Å². The summed E-state index contributed by atoms with van der Waals surface area (Å²) in [6, 6.07) is 4.36. The molecule has 0 bridgehead atoms. The Labute approximate surface area is 116 Å². The smallest absolute Gasteiger partial charge is 0.234 e. The highest BCUT2D eigenvalue weighted by molar-refractivity contribution is 7.10. The maximum Gasteiger partial charge on any atom is 0.234 e. The molecule has 5 nitrogen and oxygen atoms in total. The Morgan fingerprint density at radius 2 is 2.47 bits per heavy atom. The van der Waals surface area contributed by atoms with Gasteiger partial charge >= 0.3 is 0 Å². The largest absolute Gasteiger partial charge is 0.339 e. The Hall–Kier alpha value is -1.24. The molecule has 19 heavy (non-hydrogen) atoms. The zero-order valence-corrected chi connectivity index (χ0v) is 12.0. The standard InChI is InChI=1S/C13H18N4OS/c1-9(11-4-3-7-19-11)13-15-12(16-18-13)10-8-14-5-6-17(10)2/h3-4,7,9-10,14H,5-6,8H2,1-2H3. The minimum absolute atomic E-state index is 0.170. The molecule has 3 rings (SSSR count). The number of hydrogen-bond acceptors (Lipinski definition) is 6. The van der Waals surface area contributed by atoms with Crippen molar-refractivity contribution in [3.05, 3.63) is 34.1 Å². The molecule has 3 heterocycles.